The minimum atomic E-state index is -0.939. The highest BCUT2D eigenvalue weighted by atomic mass is 35.5. The lowest BCUT2D eigenvalue weighted by atomic mass is 10.1. The van der Waals surface area contributed by atoms with Crippen LogP contribution >= 0.6 is 34.5 Å². The van der Waals surface area contributed by atoms with E-state index in [9.17, 15) is 9.59 Å². The van der Waals surface area contributed by atoms with E-state index in [-0.39, 0.29) is 13.0 Å². The first kappa shape index (κ1) is 17.2. The molecule has 0 saturated heterocycles. The first-order chi connectivity index (χ1) is 9.50. The molecule has 1 aromatic rings. The highest BCUT2D eigenvalue weighted by Crippen LogP contribution is 2.26. The average Bonchev–Trinajstić information content (AvgIpc) is 2.82. The molecule has 0 aliphatic rings. The van der Waals surface area contributed by atoms with Gasteiger partial charge in [-0.15, -0.1) is 22.9 Å². The molecule has 1 N–H and O–H groups in total. The van der Waals surface area contributed by atoms with E-state index in [4.69, 9.17) is 33.0 Å². The number of hydrogen-bond donors (Lipinski definition) is 1. The molecule has 0 aliphatic carbocycles. The van der Waals surface area contributed by atoms with Crippen molar-refractivity contribution in [1.82, 2.24) is 4.98 Å². The fraction of sp³-hybridized carbons (Fsp3) is 0.583. The van der Waals surface area contributed by atoms with E-state index in [1.165, 1.54) is 11.3 Å². The van der Waals surface area contributed by atoms with Crippen LogP contribution in [0, 0.1) is 0 Å². The molecule has 5 nitrogen and oxygen atoms in total. The van der Waals surface area contributed by atoms with Crippen LogP contribution in [-0.4, -0.2) is 28.6 Å². The Morgan fingerprint density at radius 2 is 2.05 bits per heavy atom. The van der Waals surface area contributed by atoms with Crippen molar-refractivity contribution >= 4 is 46.5 Å². The van der Waals surface area contributed by atoms with Gasteiger partial charge in [-0.1, -0.05) is 24.4 Å². The number of thiazole rings is 1. The van der Waals surface area contributed by atoms with Crippen molar-refractivity contribution < 1.29 is 19.4 Å². The minimum Gasteiger partial charge on any atom is -0.481 e. The smallest absolute Gasteiger partial charge is 0.330 e. The van der Waals surface area contributed by atoms with E-state index >= 15 is 0 Å². The normalized spacial score (nSPS) is 12.1. The van der Waals surface area contributed by atoms with Crippen LogP contribution in [0.15, 0.2) is 5.38 Å². The van der Waals surface area contributed by atoms with Gasteiger partial charge in [0.25, 0.3) is 0 Å². The minimum absolute atomic E-state index is 0.175. The van der Waals surface area contributed by atoms with Gasteiger partial charge in [-0.05, 0) is 12.8 Å². The third-order valence-corrected chi connectivity index (χ3v) is 3.89. The zero-order valence-corrected chi connectivity index (χ0v) is 13.0. The van der Waals surface area contributed by atoms with E-state index in [0.29, 0.717) is 23.0 Å². The second-order valence-corrected chi connectivity index (χ2v) is 5.99. The molecule has 0 radical (unpaired) electrons. The number of aromatic nitrogens is 1. The standard InChI is InChI=1S/C12H15Cl2NO4S/c13-10(8-7-20-12(14)15-8)11(18)19-6-4-2-1-3-5-9(16)17/h7,10H,1-6H2,(H,16,17). The van der Waals surface area contributed by atoms with Crippen molar-refractivity contribution in [3.8, 4) is 0 Å². The highest BCUT2D eigenvalue weighted by molar-refractivity contribution is 7.14. The zero-order valence-electron chi connectivity index (χ0n) is 10.7. The van der Waals surface area contributed by atoms with Crippen molar-refractivity contribution in [3.63, 3.8) is 0 Å². The van der Waals surface area contributed by atoms with Crippen LogP contribution in [0.5, 0.6) is 0 Å². The second-order valence-electron chi connectivity index (χ2n) is 4.11. The first-order valence-corrected chi connectivity index (χ1v) is 7.83. The molecule has 0 saturated carbocycles. The Balaban J connectivity index is 2.12. The van der Waals surface area contributed by atoms with Gasteiger partial charge in [0.05, 0.1) is 12.3 Å². The van der Waals surface area contributed by atoms with E-state index in [1.807, 2.05) is 0 Å². The van der Waals surface area contributed by atoms with Crippen LogP contribution < -0.4 is 0 Å². The predicted octanol–water partition coefficient (Wildman–Crippen LogP) is 3.65. The van der Waals surface area contributed by atoms with Gasteiger partial charge < -0.3 is 9.84 Å². The number of carbonyl (C=O) groups is 2. The highest BCUT2D eigenvalue weighted by Gasteiger charge is 2.21. The molecule has 8 heteroatoms. The first-order valence-electron chi connectivity index (χ1n) is 6.14. The number of unbranched alkanes of at least 4 members (excludes halogenated alkanes) is 3. The third-order valence-electron chi connectivity index (χ3n) is 2.49. The van der Waals surface area contributed by atoms with Gasteiger partial charge >= 0.3 is 11.9 Å². The number of hydrogen-bond acceptors (Lipinski definition) is 5. The zero-order chi connectivity index (χ0) is 15.0. The lowest BCUT2D eigenvalue weighted by Crippen LogP contribution is -2.12. The fourth-order valence-electron chi connectivity index (χ4n) is 1.48. The maximum Gasteiger partial charge on any atom is 0.330 e. The van der Waals surface area contributed by atoms with Crippen molar-refractivity contribution in [2.45, 2.75) is 37.5 Å². The Bertz CT molecular complexity index is 452. The van der Waals surface area contributed by atoms with Crippen LogP contribution in [0.3, 0.4) is 0 Å². The summed E-state index contributed by atoms with van der Waals surface area (Å²) in [6, 6.07) is 0. The molecular weight excluding hydrogens is 325 g/mol. The maximum absolute atomic E-state index is 11.6. The summed E-state index contributed by atoms with van der Waals surface area (Å²) in [5.74, 6) is -1.33. The largest absolute Gasteiger partial charge is 0.481 e. The molecule has 1 atom stereocenters. The Hall–Kier alpha value is -0.850. The number of halogens is 2. The lowest BCUT2D eigenvalue weighted by molar-refractivity contribution is -0.143. The molecule has 0 aromatic carbocycles. The maximum atomic E-state index is 11.6. The second kappa shape index (κ2) is 9.15. The molecule has 0 fully saturated rings. The van der Waals surface area contributed by atoms with Gasteiger partial charge in [-0.3, -0.25) is 9.59 Å². The summed E-state index contributed by atoms with van der Waals surface area (Å²) in [5, 5.41) is 9.14. The summed E-state index contributed by atoms with van der Waals surface area (Å²) in [5.41, 5.74) is 0.396. The molecule has 0 aliphatic heterocycles. The molecule has 0 spiro atoms. The quantitative estimate of drug-likeness (QED) is 0.422. The van der Waals surface area contributed by atoms with E-state index in [1.54, 1.807) is 5.38 Å². The number of carboxylic acid groups (broad SMARTS) is 1. The number of alkyl halides is 1. The van der Waals surface area contributed by atoms with Gasteiger partial charge in [-0.25, -0.2) is 4.98 Å². The van der Waals surface area contributed by atoms with Gasteiger partial charge in [0.15, 0.2) is 9.84 Å². The Kier molecular flexibility index (Phi) is 7.87. The van der Waals surface area contributed by atoms with Gasteiger partial charge in [0.2, 0.25) is 0 Å². The summed E-state index contributed by atoms with van der Waals surface area (Å²) < 4.78 is 5.36. The fourth-order valence-corrected chi connectivity index (χ4v) is 2.52. The van der Waals surface area contributed by atoms with Crippen LogP contribution in [0.1, 0.15) is 43.2 Å². The molecule has 1 aromatic heterocycles. The summed E-state index contributed by atoms with van der Waals surface area (Å²) in [6.45, 7) is 0.271. The average molecular weight is 340 g/mol. The number of carbonyl (C=O) groups excluding carboxylic acids is 1. The van der Waals surface area contributed by atoms with E-state index in [0.717, 1.165) is 12.8 Å². The monoisotopic (exact) mass is 339 g/mol. The van der Waals surface area contributed by atoms with Crippen molar-refractivity contribution in [2.75, 3.05) is 6.61 Å². The van der Waals surface area contributed by atoms with Crippen LogP contribution in [0.25, 0.3) is 0 Å². The Morgan fingerprint density at radius 1 is 1.35 bits per heavy atom. The Labute approximate surface area is 130 Å². The van der Waals surface area contributed by atoms with Gasteiger partial charge in [-0.2, -0.15) is 0 Å². The molecule has 20 heavy (non-hydrogen) atoms. The lowest BCUT2D eigenvalue weighted by Gasteiger charge is -2.07. The van der Waals surface area contributed by atoms with Gasteiger partial charge in [0.1, 0.15) is 0 Å². The van der Waals surface area contributed by atoms with Crippen LogP contribution in [0.4, 0.5) is 0 Å². The molecule has 0 bridgehead atoms. The molecule has 1 unspecified atom stereocenters. The van der Waals surface area contributed by atoms with Gasteiger partial charge in [0, 0.05) is 11.8 Å². The third kappa shape index (κ3) is 6.54. The molecule has 1 rings (SSSR count). The van der Waals surface area contributed by atoms with Crippen molar-refractivity contribution in [3.05, 3.63) is 15.5 Å². The van der Waals surface area contributed by atoms with Crippen molar-refractivity contribution in [2.24, 2.45) is 0 Å². The van der Waals surface area contributed by atoms with Crippen LogP contribution in [-0.2, 0) is 14.3 Å². The number of ether oxygens (including phenoxy) is 1. The SMILES string of the molecule is O=C(O)CCCCCCOC(=O)C(Cl)c1csc(Cl)n1. The number of carboxylic acids is 1. The summed E-state index contributed by atoms with van der Waals surface area (Å²) in [4.78, 5) is 25.8. The van der Waals surface area contributed by atoms with Crippen LogP contribution in [0.2, 0.25) is 4.47 Å². The summed E-state index contributed by atoms with van der Waals surface area (Å²) >= 11 is 12.8. The number of aliphatic carboxylic acids is 1. The van der Waals surface area contributed by atoms with Crippen molar-refractivity contribution in [1.29, 1.82) is 0 Å². The molecule has 0 amide bonds. The topological polar surface area (TPSA) is 76.5 Å². The Morgan fingerprint density at radius 3 is 2.65 bits per heavy atom. The summed E-state index contributed by atoms with van der Waals surface area (Å²) in [7, 11) is 0. The number of rotatable bonds is 9. The summed E-state index contributed by atoms with van der Waals surface area (Å²) in [6.07, 6.45) is 3.12. The molecule has 112 valence electrons. The predicted molar refractivity (Wildman–Crippen MR) is 77.4 cm³/mol. The van der Waals surface area contributed by atoms with E-state index in [2.05, 4.69) is 4.98 Å². The number of esters is 1. The number of nitrogens with zero attached hydrogens (tertiary/aromatic N) is 1. The molecular formula is C12H15Cl2NO4S. The van der Waals surface area contributed by atoms with E-state index < -0.39 is 17.3 Å². The molecule has 1 heterocycles.